The van der Waals surface area contributed by atoms with Crippen LogP contribution in [-0.2, 0) is 19.4 Å². The van der Waals surface area contributed by atoms with Gasteiger partial charge >= 0.3 is 0 Å². The van der Waals surface area contributed by atoms with Crippen LogP contribution in [0.4, 0.5) is 5.69 Å². The molecular formula is C24H31N3O2. The Morgan fingerprint density at radius 1 is 1.03 bits per heavy atom. The number of methoxy groups -OCH3 is 2. The van der Waals surface area contributed by atoms with Gasteiger partial charge < -0.3 is 24.7 Å². The second-order valence-electron chi connectivity index (χ2n) is 8.13. The Hall–Kier alpha value is -2.66. The Morgan fingerprint density at radius 2 is 1.79 bits per heavy atom. The summed E-state index contributed by atoms with van der Waals surface area (Å²) in [5.74, 6) is 1.58. The SMILES string of the molecule is COc1cc2c(cc1OC)-c1c(c3ccc(N)cc3n1CCCN(C)C)CCC2. The highest BCUT2D eigenvalue weighted by Crippen LogP contribution is 2.43. The summed E-state index contributed by atoms with van der Waals surface area (Å²) >= 11 is 0. The van der Waals surface area contributed by atoms with Gasteiger partial charge in [-0.05, 0) is 81.7 Å². The average molecular weight is 394 g/mol. The molecule has 0 spiro atoms. The van der Waals surface area contributed by atoms with Crippen LogP contribution in [-0.4, -0.2) is 44.3 Å². The van der Waals surface area contributed by atoms with E-state index in [-0.39, 0.29) is 0 Å². The van der Waals surface area contributed by atoms with Crippen molar-refractivity contribution >= 4 is 16.6 Å². The zero-order valence-electron chi connectivity index (χ0n) is 17.9. The molecule has 0 aliphatic heterocycles. The van der Waals surface area contributed by atoms with Crippen LogP contribution in [0.25, 0.3) is 22.2 Å². The maximum absolute atomic E-state index is 6.18. The van der Waals surface area contributed by atoms with Gasteiger partial charge in [-0.1, -0.05) is 6.07 Å². The molecule has 0 radical (unpaired) electrons. The van der Waals surface area contributed by atoms with Crippen molar-refractivity contribution in [2.24, 2.45) is 0 Å². The normalized spacial score (nSPS) is 13.3. The number of benzene rings is 2. The van der Waals surface area contributed by atoms with E-state index in [1.807, 2.05) is 6.07 Å². The van der Waals surface area contributed by atoms with Gasteiger partial charge in [-0.15, -0.1) is 0 Å². The number of anilines is 1. The fourth-order valence-electron chi connectivity index (χ4n) is 4.58. The van der Waals surface area contributed by atoms with E-state index < -0.39 is 0 Å². The van der Waals surface area contributed by atoms with Gasteiger partial charge in [0.25, 0.3) is 0 Å². The third-order valence-electron chi connectivity index (χ3n) is 5.92. The molecule has 1 heterocycles. The van der Waals surface area contributed by atoms with Crippen LogP contribution in [0.1, 0.15) is 24.0 Å². The topological polar surface area (TPSA) is 52.7 Å². The monoisotopic (exact) mass is 393 g/mol. The van der Waals surface area contributed by atoms with Crippen LogP contribution in [0.15, 0.2) is 30.3 Å². The second-order valence-corrected chi connectivity index (χ2v) is 8.13. The molecule has 0 saturated heterocycles. The standard InChI is InChI=1S/C24H31N3O2/c1-26(2)11-6-12-27-21-14-17(25)9-10-18(21)19-8-5-7-16-13-22(28-3)23(29-4)15-20(16)24(19)27/h9-10,13-15H,5-8,11-12,25H2,1-4H3. The maximum atomic E-state index is 6.18. The van der Waals surface area contributed by atoms with Gasteiger partial charge in [0.05, 0.1) is 25.4 Å². The lowest BCUT2D eigenvalue weighted by molar-refractivity contribution is 0.354. The minimum absolute atomic E-state index is 0.781. The lowest BCUT2D eigenvalue weighted by atomic mass is 10.0. The number of aryl methyl sites for hydroxylation is 3. The molecule has 5 nitrogen and oxygen atoms in total. The fraction of sp³-hybridized carbons (Fsp3) is 0.417. The maximum Gasteiger partial charge on any atom is 0.161 e. The Balaban J connectivity index is 1.96. The molecule has 1 aliphatic carbocycles. The second kappa shape index (κ2) is 7.99. The number of hydrogen-bond acceptors (Lipinski definition) is 4. The van der Waals surface area contributed by atoms with Crippen LogP contribution in [0.3, 0.4) is 0 Å². The molecule has 0 saturated carbocycles. The van der Waals surface area contributed by atoms with Crippen LogP contribution >= 0.6 is 0 Å². The van der Waals surface area contributed by atoms with Crippen LogP contribution in [0.2, 0.25) is 0 Å². The molecule has 3 aromatic rings. The third-order valence-corrected chi connectivity index (χ3v) is 5.92. The number of hydrogen-bond donors (Lipinski definition) is 1. The Labute approximate surface area is 173 Å². The van der Waals surface area contributed by atoms with Gasteiger partial charge in [-0.25, -0.2) is 0 Å². The van der Waals surface area contributed by atoms with Crippen molar-refractivity contribution in [1.29, 1.82) is 0 Å². The Kier molecular flexibility index (Phi) is 5.41. The highest BCUT2D eigenvalue weighted by atomic mass is 16.5. The number of nitrogen functional groups attached to an aromatic ring is 1. The number of aromatic nitrogens is 1. The zero-order chi connectivity index (χ0) is 20.5. The Bertz CT molecular complexity index is 1040. The molecular weight excluding hydrogens is 362 g/mol. The highest BCUT2D eigenvalue weighted by Gasteiger charge is 2.25. The number of fused-ring (bicyclic) bond motifs is 5. The fourth-order valence-corrected chi connectivity index (χ4v) is 4.58. The smallest absolute Gasteiger partial charge is 0.161 e. The summed E-state index contributed by atoms with van der Waals surface area (Å²) < 4.78 is 13.7. The van der Waals surface area contributed by atoms with Crippen molar-refractivity contribution in [1.82, 2.24) is 9.47 Å². The molecule has 2 N–H and O–H groups in total. The van der Waals surface area contributed by atoms with E-state index in [1.165, 1.54) is 33.3 Å². The molecule has 5 heteroatoms. The van der Waals surface area contributed by atoms with Crippen LogP contribution < -0.4 is 15.2 Å². The summed E-state index contributed by atoms with van der Waals surface area (Å²) in [6, 6.07) is 10.6. The van der Waals surface area contributed by atoms with Crippen molar-refractivity contribution in [3.8, 4) is 22.8 Å². The van der Waals surface area contributed by atoms with Gasteiger partial charge in [0.1, 0.15) is 0 Å². The predicted octanol–water partition coefficient (Wildman–Crippen LogP) is 4.35. The summed E-state index contributed by atoms with van der Waals surface area (Å²) in [5, 5.41) is 1.32. The number of nitrogens with zero attached hydrogens (tertiary/aromatic N) is 2. The predicted molar refractivity (Wildman–Crippen MR) is 120 cm³/mol. The van der Waals surface area contributed by atoms with Gasteiger partial charge in [0.2, 0.25) is 0 Å². The van der Waals surface area contributed by atoms with Crippen molar-refractivity contribution in [3.05, 3.63) is 41.5 Å². The molecule has 1 aliphatic rings. The van der Waals surface area contributed by atoms with E-state index in [2.05, 4.69) is 47.8 Å². The molecule has 2 aromatic carbocycles. The zero-order valence-corrected chi connectivity index (χ0v) is 17.9. The molecule has 29 heavy (non-hydrogen) atoms. The molecule has 4 rings (SSSR count). The van der Waals surface area contributed by atoms with Gasteiger partial charge in [0, 0.05) is 23.2 Å². The van der Waals surface area contributed by atoms with E-state index in [4.69, 9.17) is 15.2 Å². The summed E-state index contributed by atoms with van der Waals surface area (Å²) in [4.78, 5) is 2.24. The van der Waals surface area contributed by atoms with Crippen molar-refractivity contribution in [2.75, 3.05) is 40.6 Å². The first kappa shape index (κ1) is 19.6. The summed E-state index contributed by atoms with van der Waals surface area (Å²) in [6.45, 7) is 2.01. The molecule has 0 fully saturated rings. The van der Waals surface area contributed by atoms with E-state index in [1.54, 1.807) is 14.2 Å². The highest BCUT2D eigenvalue weighted by molar-refractivity contribution is 5.94. The minimum Gasteiger partial charge on any atom is -0.493 e. The molecule has 0 bridgehead atoms. The Morgan fingerprint density at radius 3 is 2.52 bits per heavy atom. The number of ether oxygens (including phenoxy) is 2. The van der Waals surface area contributed by atoms with Crippen molar-refractivity contribution in [3.63, 3.8) is 0 Å². The largest absolute Gasteiger partial charge is 0.493 e. The quantitative estimate of drug-likeness (QED) is 0.633. The average Bonchev–Trinajstić information content (AvgIpc) is 2.87. The van der Waals surface area contributed by atoms with E-state index in [0.717, 1.165) is 56.0 Å². The minimum atomic E-state index is 0.781. The van der Waals surface area contributed by atoms with Gasteiger partial charge in [-0.3, -0.25) is 0 Å². The van der Waals surface area contributed by atoms with Gasteiger partial charge in [-0.2, -0.15) is 0 Å². The van der Waals surface area contributed by atoms with Crippen LogP contribution in [0.5, 0.6) is 11.5 Å². The summed E-state index contributed by atoms with van der Waals surface area (Å²) in [7, 11) is 7.65. The van der Waals surface area contributed by atoms with E-state index >= 15 is 0 Å². The number of rotatable bonds is 6. The molecule has 154 valence electrons. The van der Waals surface area contributed by atoms with E-state index in [0.29, 0.717) is 0 Å². The molecule has 1 aromatic heterocycles. The van der Waals surface area contributed by atoms with Crippen LogP contribution in [0, 0.1) is 0 Å². The first-order valence-corrected chi connectivity index (χ1v) is 10.3. The lowest BCUT2D eigenvalue weighted by Crippen LogP contribution is -2.15. The first-order chi connectivity index (χ1) is 14.0. The lowest BCUT2D eigenvalue weighted by Gasteiger charge is -2.18. The van der Waals surface area contributed by atoms with Crippen molar-refractivity contribution in [2.45, 2.75) is 32.2 Å². The third kappa shape index (κ3) is 3.55. The first-order valence-electron chi connectivity index (χ1n) is 10.3. The van der Waals surface area contributed by atoms with Gasteiger partial charge in [0.15, 0.2) is 11.5 Å². The summed E-state index contributed by atoms with van der Waals surface area (Å²) in [6.07, 6.45) is 4.31. The van der Waals surface area contributed by atoms with E-state index in [9.17, 15) is 0 Å². The molecule has 0 amide bonds. The van der Waals surface area contributed by atoms with Crippen molar-refractivity contribution < 1.29 is 9.47 Å². The summed E-state index contributed by atoms with van der Waals surface area (Å²) in [5.41, 5.74) is 13.6. The molecule has 0 unspecified atom stereocenters. The molecule has 0 atom stereocenters. The number of nitrogens with two attached hydrogens (primary N) is 1.